The smallest absolute Gasteiger partial charge is 0.178 e. The summed E-state index contributed by atoms with van der Waals surface area (Å²) in [4.78, 5) is 16.8. The minimum atomic E-state index is -0.0426. The lowest BCUT2D eigenvalue weighted by Gasteiger charge is -2.33. The Labute approximate surface area is 131 Å². The van der Waals surface area contributed by atoms with Crippen molar-refractivity contribution in [2.45, 2.75) is 24.8 Å². The molecule has 2 aromatic carbocycles. The molecule has 2 aromatic rings. The Hall–Kier alpha value is -1.71. The van der Waals surface area contributed by atoms with Crippen molar-refractivity contribution in [2.75, 3.05) is 0 Å². The van der Waals surface area contributed by atoms with Crippen LogP contribution in [-0.2, 0) is 4.79 Å². The number of rotatable bonds is 1. The van der Waals surface area contributed by atoms with Gasteiger partial charge in [-0.15, -0.1) is 10.9 Å². The molecule has 0 bridgehead atoms. The van der Waals surface area contributed by atoms with Crippen molar-refractivity contribution in [1.29, 1.82) is 0 Å². The highest BCUT2D eigenvalue weighted by Gasteiger charge is 2.29. The van der Waals surface area contributed by atoms with Crippen LogP contribution in [0.3, 0.4) is 0 Å². The van der Waals surface area contributed by atoms with E-state index < -0.39 is 0 Å². The summed E-state index contributed by atoms with van der Waals surface area (Å²) in [6.07, 6.45) is 7.50. The van der Waals surface area contributed by atoms with Crippen LogP contribution in [0, 0.1) is 0 Å². The van der Waals surface area contributed by atoms with Gasteiger partial charge >= 0.3 is 0 Å². The molecule has 1 nitrogen and oxygen atoms in total. The Balaban J connectivity index is 1.88. The third-order valence-electron chi connectivity index (χ3n) is 3.56. The van der Waals surface area contributed by atoms with E-state index in [4.69, 9.17) is 0 Å². The van der Waals surface area contributed by atoms with Crippen LogP contribution < -0.4 is 0 Å². The number of hydrogen-bond donors (Lipinski definition) is 0. The highest BCUT2D eigenvalue weighted by Crippen LogP contribution is 2.60. The van der Waals surface area contributed by atoms with Gasteiger partial charge < -0.3 is 0 Å². The maximum Gasteiger partial charge on any atom is 0.178 e. The maximum atomic E-state index is 11.4. The molecule has 0 fully saturated rings. The minimum absolute atomic E-state index is 0.0426. The van der Waals surface area contributed by atoms with Crippen molar-refractivity contribution in [3.63, 3.8) is 0 Å². The molecular weight excluding hydrogens is 296 g/mol. The second kappa shape index (κ2) is 5.24. The van der Waals surface area contributed by atoms with E-state index in [9.17, 15) is 4.79 Å². The molecule has 0 amide bonds. The van der Waals surface area contributed by atoms with Gasteiger partial charge in [0.1, 0.15) is 0 Å². The predicted octanol–water partition coefficient (Wildman–Crippen LogP) is 4.90. The van der Waals surface area contributed by atoms with E-state index in [0.29, 0.717) is 0 Å². The van der Waals surface area contributed by atoms with Crippen LogP contribution in [0.2, 0.25) is 0 Å². The van der Waals surface area contributed by atoms with Crippen LogP contribution in [0.1, 0.15) is 0 Å². The zero-order chi connectivity index (χ0) is 14.2. The number of hydrogen-bond acceptors (Lipinski definition) is 2. The maximum absolute atomic E-state index is 11.4. The predicted molar refractivity (Wildman–Crippen MR) is 88.2 cm³/mol. The minimum Gasteiger partial charge on any atom is -0.290 e. The first-order chi connectivity index (χ1) is 10.3. The molecule has 2 aliphatic rings. The van der Waals surface area contributed by atoms with Gasteiger partial charge in [-0.1, -0.05) is 48.2 Å². The first-order valence-electron chi connectivity index (χ1n) is 6.82. The number of allylic oxidation sites excluding steroid dienone is 2. The van der Waals surface area contributed by atoms with Crippen molar-refractivity contribution >= 4 is 28.4 Å². The summed E-state index contributed by atoms with van der Waals surface area (Å²) in [5.41, 5.74) is 0. The normalized spacial score (nSPS) is 17.6. The van der Waals surface area contributed by atoms with Gasteiger partial charge in [0.15, 0.2) is 5.78 Å². The van der Waals surface area contributed by atoms with E-state index in [0.717, 1.165) is 0 Å². The fourth-order valence-corrected chi connectivity index (χ4v) is 6.59. The van der Waals surface area contributed by atoms with Crippen molar-refractivity contribution in [1.82, 2.24) is 0 Å². The largest absolute Gasteiger partial charge is 0.290 e. The molecule has 1 radical (unpaired) electrons. The molecule has 21 heavy (non-hydrogen) atoms. The van der Waals surface area contributed by atoms with Gasteiger partial charge in [0, 0.05) is 24.8 Å². The van der Waals surface area contributed by atoms with Crippen LogP contribution in [0.5, 0.6) is 0 Å². The number of benzene rings is 2. The molecule has 103 valence electrons. The lowest BCUT2D eigenvalue weighted by Crippen LogP contribution is -2.11. The fourth-order valence-electron chi connectivity index (χ4n) is 2.62. The molecule has 0 saturated heterocycles. The molecule has 0 atom stereocenters. The van der Waals surface area contributed by atoms with Gasteiger partial charge in [-0.3, -0.25) is 4.79 Å². The van der Waals surface area contributed by atoms with E-state index >= 15 is 0 Å². The van der Waals surface area contributed by atoms with Crippen molar-refractivity contribution in [3.8, 4) is 0 Å². The Bertz CT molecular complexity index is 715. The average molecular weight is 309 g/mol. The molecule has 3 heteroatoms. The zero-order valence-corrected chi connectivity index (χ0v) is 12.9. The van der Waals surface area contributed by atoms with E-state index in [1.807, 2.05) is 11.8 Å². The highest BCUT2D eigenvalue weighted by atomic mass is 32.2. The number of ketones is 1. The van der Waals surface area contributed by atoms with Crippen LogP contribution >= 0.6 is 22.7 Å². The molecule has 0 N–H and O–H groups in total. The van der Waals surface area contributed by atoms with E-state index in [-0.39, 0.29) is 21.9 Å². The highest BCUT2D eigenvalue weighted by molar-refractivity contribution is 8.19. The summed E-state index contributed by atoms with van der Waals surface area (Å²) in [6.45, 7) is 0. The molecule has 4 rings (SSSR count). The van der Waals surface area contributed by atoms with Crippen LogP contribution in [-0.4, -0.2) is 11.0 Å². The lowest BCUT2D eigenvalue weighted by atomic mass is 10.2. The molecular formula is C18H13OS2. The Morgan fingerprint density at radius 3 is 1.90 bits per heavy atom. The molecule has 0 unspecified atom stereocenters. The summed E-state index contributed by atoms with van der Waals surface area (Å²) in [6, 6.07) is 17.2. The second-order valence-electron chi connectivity index (χ2n) is 4.92. The topological polar surface area (TPSA) is 17.1 Å². The zero-order valence-electron chi connectivity index (χ0n) is 11.2. The molecule has 0 aromatic heterocycles. The van der Waals surface area contributed by atoms with E-state index in [2.05, 4.69) is 60.7 Å². The summed E-state index contributed by atoms with van der Waals surface area (Å²) < 4.78 is 0. The van der Waals surface area contributed by atoms with Crippen molar-refractivity contribution in [2.24, 2.45) is 0 Å². The third kappa shape index (κ3) is 2.27. The van der Waals surface area contributed by atoms with Gasteiger partial charge in [-0.05, 0) is 36.4 Å². The van der Waals surface area contributed by atoms with Crippen molar-refractivity contribution < 1.29 is 4.79 Å². The molecule has 1 heterocycles. The van der Waals surface area contributed by atoms with Gasteiger partial charge in [0.05, 0.1) is 0 Å². The molecule has 0 saturated carbocycles. The Morgan fingerprint density at radius 2 is 1.33 bits per heavy atom. The fraction of sp³-hybridized carbons (Fsp3) is 0.0556. The first kappa shape index (κ1) is 13.0. The van der Waals surface area contributed by atoms with Gasteiger partial charge in [0.2, 0.25) is 0 Å². The van der Waals surface area contributed by atoms with Gasteiger partial charge in [0.25, 0.3) is 0 Å². The number of carbonyl (C=O) groups excluding carboxylic acids is 1. The Kier molecular flexibility index (Phi) is 3.24. The van der Waals surface area contributed by atoms with Crippen LogP contribution in [0.25, 0.3) is 0 Å². The van der Waals surface area contributed by atoms with Crippen molar-refractivity contribution in [3.05, 3.63) is 72.8 Å². The summed E-state index contributed by atoms with van der Waals surface area (Å²) in [7, 11) is -0.0426. The summed E-state index contributed by atoms with van der Waals surface area (Å²) in [5, 5.41) is 0.269. The molecule has 0 spiro atoms. The van der Waals surface area contributed by atoms with Gasteiger partial charge in [-0.25, -0.2) is 0 Å². The molecule has 1 aliphatic heterocycles. The number of fused-ring (bicyclic) bond motifs is 2. The van der Waals surface area contributed by atoms with E-state index in [1.165, 1.54) is 19.6 Å². The first-order valence-corrected chi connectivity index (χ1v) is 8.93. The van der Waals surface area contributed by atoms with Crippen LogP contribution in [0.15, 0.2) is 92.4 Å². The van der Waals surface area contributed by atoms with E-state index in [1.54, 1.807) is 12.2 Å². The lowest BCUT2D eigenvalue weighted by molar-refractivity contribution is -0.110. The monoisotopic (exact) mass is 309 g/mol. The number of carbonyl (C=O) groups is 1. The summed E-state index contributed by atoms with van der Waals surface area (Å²) >= 11 is 1.84. The van der Waals surface area contributed by atoms with Gasteiger partial charge in [-0.2, -0.15) is 0 Å². The average Bonchev–Trinajstić information content (AvgIpc) is 2.53. The summed E-state index contributed by atoms with van der Waals surface area (Å²) in [5.74, 6) is 0.0859. The standard InChI is InChI=1S/C18H13OS2/c19-13-9-11-14(12-10-13)21-17-7-3-1-5-15(17)20-16-6-2-4-8-18(16)21/h1-12,14H. The Morgan fingerprint density at radius 1 is 0.810 bits per heavy atom. The second-order valence-corrected chi connectivity index (χ2v) is 8.10. The SMILES string of the molecule is O=C1C=CC([S]2c3ccccc3Sc3ccccc32)C=C1. The van der Waals surface area contributed by atoms with Crippen LogP contribution in [0.4, 0.5) is 0 Å². The third-order valence-corrected chi connectivity index (χ3v) is 7.49. The quantitative estimate of drug-likeness (QED) is 0.745. The molecule has 1 aliphatic carbocycles.